The summed E-state index contributed by atoms with van der Waals surface area (Å²) in [5.74, 6) is 0. The van der Waals surface area contributed by atoms with Crippen LogP contribution in [0.1, 0.15) is 42.1 Å². The molecule has 1 heterocycles. The molecule has 17 heavy (non-hydrogen) atoms. The minimum Gasteiger partial charge on any atom is -0.387 e. The molecule has 0 aliphatic carbocycles. The smallest absolute Gasteiger partial charge is 0.0919 e. The molecular formula is C15H23NO. The van der Waals surface area contributed by atoms with Crippen LogP contribution in [0.25, 0.3) is 0 Å². The van der Waals surface area contributed by atoms with Crippen molar-refractivity contribution in [2.24, 2.45) is 0 Å². The van der Waals surface area contributed by atoms with Crippen LogP contribution in [0.3, 0.4) is 0 Å². The summed E-state index contributed by atoms with van der Waals surface area (Å²) in [5.41, 5.74) is 3.55. The van der Waals surface area contributed by atoms with Gasteiger partial charge in [0, 0.05) is 6.54 Å². The van der Waals surface area contributed by atoms with E-state index in [9.17, 15) is 5.11 Å². The van der Waals surface area contributed by atoms with Gasteiger partial charge in [0.15, 0.2) is 0 Å². The van der Waals surface area contributed by atoms with Crippen LogP contribution >= 0.6 is 0 Å². The van der Waals surface area contributed by atoms with Gasteiger partial charge in [-0.25, -0.2) is 0 Å². The summed E-state index contributed by atoms with van der Waals surface area (Å²) >= 11 is 0. The van der Waals surface area contributed by atoms with Crippen molar-refractivity contribution in [1.82, 2.24) is 4.90 Å². The monoisotopic (exact) mass is 233 g/mol. The van der Waals surface area contributed by atoms with Gasteiger partial charge in [-0.3, -0.25) is 0 Å². The Kier molecular flexibility index (Phi) is 4.19. The van der Waals surface area contributed by atoms with Crippen LogP contribution in [0.4, 0.5) is 0 Å². The Balaban J connectivity index is 2.00. The molecule has 0 bridgehead atoms. The van der Waals surface area contributed by atoms with Crippen molar-refractivity contribution < 1.29 is 5.11 Å². The summed E-state index contributed by atoms with van der Waals surface area (Å²) < 4.78 is 0. The van der Waals surface area contributed by atoms with Crippen molar-refractivity contribution in [1.29, 1.82) is 0 Å². The molecule has 1 aromatic rings. The molecule has 2 rings (SSSR count). The van der Waals surface area contributed by atoms with E-state index in [4.69, 9.17) is 0 Å². The molecule has 1 atom stereocenters. The number of hydrogen-bond acceptors (Lipinski definition) is 2. The lowest BCUT2D eigenvalue weighted by molar-refractivity contribution is 0.101. The number of piperidine rings is 1. The lowest BCUT2D eigenvalue weighted by Gasteiger charge is -2.29. The number of aliphatic hydroxyl groups excluding tert-OH is 1. The highest BCUT2D eigenvalue weighted by atomic mass is 16.3. The number of β-amino-alcohol motifs (C(OH)–C–C–N with tert-alkyl or cyclic N) is 1. The zero-order valence-corrected chi connectivity index (χ0v) is 10.9. The van der Waals surface area contributed by atoms with E-state index >= 15 is 0 Å². The van der Waals surface area contributed by atoms with Gasteiger partial charge >= 0.3 is 0 Å². The van der Waals surface area contributed by atoms with Crippen molar-refractivity contribution in [2.45, 2.75) is 39.2 Å². The summed E-state index contributed by atoms with van der Waals surface area (Å²) in [6.45, 7) is 7.24. The number of benzene rings is 1. The summed E-state index contributed by atoms with van der Waals surface area (Å²) in [6, 6.07) is 6.30. The molecule has 1 aliphatic heterocycles. The Morgan fingerprint density at radius 3 is 2.53 bits per heavy atom. The second-order valence-corrected chi connectivity index (χ2v) is 5.24. The van der Waals surface area contributed by atoms with E-state index in [1.54, 1.807) is 0 Å². The summed E-state index contributed by atoms with van der Waals surface area (Å²) in [4.78, 5) is 2.38. The van der Waals surface area contributed by atoms with Gasteiger partial charge in [0.1, 0.15) is 0 Å². The molecule has 1 unspecified atom stereocenters. The maximum Gasteiger partial charge on any atom is 0.0919 e. The summed E-state index contributed by atoms with van der Waals surface area (Å²) in [7, 11) is 0. The number of aliphatic hydroxyl groups is 1. The number of hydrogen-bond donors (Lipinski definition) is 1. The minimum absolute atomic E-state index is 0.339. The van der Waals surface area contributed by atoms with Crippen LogP contribution in [-0.4, -0.2) is 29.6 Å². The molecule has 0 aromatic heterocycles. The van der Waals surface area contributed by atoms with Crippen molar-refractivity contribution in [3.8, 4) is 0 Å². The van der Waals surface area contributed by atoms with Gasteiger partial charge in [0.25, 0.3) is 0 Å². The van der Waals surface area contributed by atoms with E-state index < -0.39 is 0 Å². The van der Waals surface area contributed by atoms with Gasteiger partial charge in [-0.1, -0.05) is 30.2 Å². The average Bonchev–Trinajstić information content (AvgIpc) is 2.30. The lowest BCUT2D eigenvalue weighted by Crippen LogP contribution is -2.33. The topological polar surface area (TPSA) is 23.5 Å². The van der Waals surface area contributed by atoms with E-state index in [2.05, 4.69) is 36.9 Å². The molecule has 94 valence electrons. The van der Waals surface area contributed by atoms with Crippen LogP contribution in [0.15, 0.2) is 18.2 Å². The molecule has 0 saturated carbocycles. The number of likely N-dealkylation sites (tertiary alicyclic amines) is 1. The van der Waals surface area contributed by atoms with Gasteiger partial charge in [0.2, 0.25) is 0 Å². The van der Waals surface area contributed by atoms with Gasteiger partial charge in [0.05, 0.1) is 6.10 Å². The van der Waals surface area contributed by atoms with Crippen LogP contribution in [-0.2, 0) is 0 Å². The first-order valence-corrected chi connectivity index (χ1v) is 6.64. The van der Waals surface area contributed by atoms with Crippen molar-refractivity contribution in [2.75, 3.05) is 19.6 Å². The predicted octanol–water partition coefficient (Wildman–Crippen LogP) is 2.82. The van der Waals surface area contributed by atoms with Crippen molar-refractivity contribution in [3.05, 3.63) is 34.9 Å². The lowest BCUT2D eigenvalue weighted by atomic mass is 10.00. The Hall–Kier alpha value is -0.860. The Morgan fingerprint density at radius 2 is 1.88 bits per heavy atom. The molecule has 1 saturated heterocycles. The standard InChI is InChI=1S/C15H23NO/c1-12-6-7-14(13(2)10-12)15(17)11-16-8-4-3-5-9-16/h6-7,10,15,17H,3-5,8-9,11H2,1-2H3. The first-order valence-electron chi connectivity index (χ1n) is 6.64. The average molecular weight is 233 g/mol. The second-order valence-electron chi connectivity index (χ2n) is 5.24. The first-order chi connectivity index (χ1) is 8.16. The largest absolute Gasteiger partial charge is 0.387 e. The number of aryl methyl sites for hydroxylation is 2. The zero-order chi connectivity index (χ0) is 12.3. The molecule has 2 nitrogen and oxygen atoms in total. The Morgan fingerprint density at radius 1 is 1.18 bits per heavy atom. The molecule has 1 N–H and O–H groups in total. The van der Waals surface area contributed by atoms with Crippen molar-refractivity contribution >= 4 is 0 Å². The van der Waals surface area contributed by atoms with Gasteiger partial charge in [-0.05, 0) is 50.9 Å². The van der Waals surface area contributed by atoms with Crippen molar-refractivity contribution in [3.63, 3.8) is 0 Å². The fourth-order valence-electron chi connectivity index (χ4n) is 2.68. The normalized spacial score (nSPS) is 19.2. The molecular weight excluding hydrogens is 210 g/mol. The zero-order valence-electron chi connectivity index (χ0n) is 10.9. The molecule has 1 fully saturated rings. The van der Waals surface area contributed by atoms with Crippen LogP contribution < -0.4 is 0 Å². The summed E-state index contributed by atoms with van der Waals surface area (Å²) in [5, 5.41) is 10.3. The van der Waals surface area contributed by atoms with Gasteiger partial charge in [-0.2, -0.15) is 0 Å². The van der Waals surface area contributed by atoms with E-state index in [-0.39, 0.29) is 6.10 Å². The third-order valence-electron chi connectivity index (χ3n) is 3.66. The third-order valence-corrected chi connectivity index (χ3v) is 3.66. The van der Waals surface area contributed by atoms with Crippen LogP contribution in [0, 0.1) is 13.8 Å². The second kappa shape index (κ2) is 5.65. The number of rotatable bonds is 3. The highest BCUT2D eigenvalue weighted by molar-refractivity contribution is 5.32. The van der Waals surface area contributed by atoms with Crippen LogP contribution in [0.2, 0.25) is 0 Å². The highest BCUT2D eigenvalue weighted by Crippen LogP contribution is 2.21. The van der Waals surface area contributed by atoms with Gasteiger partial charge < -0.3 is 10.0 Å². The molecule has 2 heteroatoms. The minimum atomic E-state index is -0.339. The molecule has 1 aromatic carbocycles. The van der Waals surface area contributed by atoms with Crippen LogP contribution in [0.5, 0.6) is 0 Å². The van der Waals surface area contributed by atoms with E-state index in [0.717, 1.165) is 25.2 Å². The Bertz CT molecular complexity index is 369. The first kappa shape index (κ1) is 12.6. The maximum atomic E-state index is 10.3. The maximum absolute atomic E-state index is 10.3. The SMILES string of the molecule is Cc1ccc(C(O)CN2CCCCC2)c(C)c1. The molecule has 0 radical (unpaired) electrons. The fourth-order valence-corrected chi connectivity index (χ4v) is 2.68. The number of nitrogens with zero attached hydrogens (tertiary/aromatic N) is 1. The fraction of sp³-hybridized carbons (Fsp3) is 0.600. The predicted molar refractivity (Wildman–Crippen MR) is 71.2 cm³/mol. The third kappa shape index (κ3) is 3.30. The highest BCUT2D eigenvalue weighted by Gasteiger charge is 2.16. The Labute approximate surface area is 104 Å². The quantitative estimate of drug-likeness (QED) is 0.867. The van der Waals surface area contributed by atoms with E-state index in [1.165, 1.54) is 30.4 Å². The molecule has 0 amide bonds. The molecule has 0 spiro atoms. The van der Waals surface area contributed by atoms with E-state index in [0.29, 0.717) is 0 Å². The van der Waals surface area contributed by atoms with Gasteiger partial charge in [-0.15, -0.1) is 0 Å². The molecule has 1 aliphatic rings. The summed E-state index contributed by atoms with van der Waals surface area (Å²) in [6.07, 6.45) is 3.56. The van der Waals surface area contributed by atoms with E-state index in [1.807, 2.05) is 0 Å².